The number of anilines is 1. The van der Waals surface area contributed by atoms with E-state index in [2.05, 4.69) is 25.8 Å². The Bertz CT molecular complexity index is 984. The SMILES string of the molecule is CNC(=O)c1ccc(-c2ccc(NCC3(c4ncccc4F)CCC3)nn2)s1. The van der Waals surface area contributed by atoms with E-state index in [1.807, 2.05) is 18.2 Å². The molecule has 0 radical (unpaired) electrons. The maximum atomic E-state index is 14.2. The van der Waals surface area contributed by atoms with Crippen LogP contribution in [0.1, 0.15) is 34.6 Å². The van der Waals surface area contributed by atoms with Crippen molar-refractivity contribution in [2.45, 2.75) is 24.7 Å². The van der Waals surface area contributed by atoms with Gasteiger partial charge in [-0.25, -0.2) is 4.39 Å². The smallest absolute Gasteiger partial charge is 0.261 e. The number of amides is 1. The van der Waals surface area contributed by atoms with Crippen LogP contribution < -0.4 is 10.6 Å². The van der Waals surface area contributed by atoms with E-state index < -0.39 is 0 Å². The summed E-state index contributed by atoms with van der Waals surface area (Å²) in [6.45, 7) is 0.564. The number of thiophene rings is 1. The molecule has 1 amide bonds. The van der Waals surface area contributed by atoms with Crippen molar-refractivity contribution in [1.29, 1.82) is 0 Å². The molecule has 2 N–H and O–H groups in total. The zero-order chi connectivity index (χ0) is 19.6. The van der Waals surface area contributed by atoms with E-state index in [0.29, 0.717) is 28.6 Å². The summed E-state index contributed by atoms with van der Waals surface area (Å²) in [7, 11) is 1.60. The van der Waals surface area contributed by atoms with E-state index in [1.165, 1.54) is 17.4 Å². The van der Waals surface area contributed by atoms with Gasteiger partial charge in [-0.1, -0.05) is 6.42 Å². The number of hydrogen-bond donors (Lipinski definition) is 2. The average Bonchev–Trinajstić information content (AvgIpc) is 3.18. The van der Waals surface area contributed by atoms with Crippen LogP contribution >= 0.6 is 11.3 Å². The third kappa shape index (κ3) is 3.47. The highest BCUT2D eigenvalue weighted by atomic mass is 32.1. The normalized spacial score (nSPS) is 14.9. The van der Waals surface area contributed by atoms with Crippen LogP contribution in [0.25, 0.3) is 10.6 Å². The fourth-order valence-corrected chi connectivity index (χ4v) is 4.33. The molecule has 6 nitrogen and oxygen atoms in total. The summed E-state index contributed by atoms with van der Waals surface area (Å²) in [5.74, 6) is 0.263. The first-order valence-corrected chi connectivity index (χ1v) is 9.94. The van der Waals surface area contributed by atoms with Crippen molar-refractivity contribution in [2.24, 2.45) is 0 Å². The molecule has 4 rings (SSSR count). The zero-order valence-corrected chi connectivity index (χ0v) is 16.2. The molecule has 0 aliphatic heterocycles. The lowest BCUT2D eigenvalue weighted by Crippen LogP contribution is -2.42. The molecule has 3 heterocycles. The molecule has 0 bridgehead atoms. The van der Waals surface area contributed by atoms with Gasteiger partial charge in [-0.2, -0.15) is 0 Å². The standard InChI is InChI=1S/C20H20FN5OS/c1-22-19(27)16-7-6-15(28-16)14-5-8-17(26-25-14)24-12-20(9-3-10-20)18-13(21)4-2-11-23-18/h2,4-8,11H,3,9-10,12H2,1H3,(H,22,27)(H,24,26). The number of hydrogen-bond acceptors (Lipinski definition) is 6. The molecule has 8 heteroatoms. The number of rotatable bonds is 6. The van der Waals surface area contributed by atoms with Crippen molar-refractivity contribution in [1.82, 2.24) is 20.5 Å². The molecule has 28 heavy (non-hydrogen) atoms. The number of nitrogens with zero attached hydrogens (tertiary/aromatic N) is 3. The zero-order valence-electron chi connectivity index (χ0n) is 15.4. The van der Waals surface area contributed by atoms with Crippen LogP contribution in [0.3, 0.4) is 0 Å². The van der Waals surface area contributed by atoms with Gasteiger partial charge >= 0.3 is 0 Å². The minimum absolute atomic E-state index is 0.116. The number of pyridine rings is 1. The molecule has 144 valence electrons. The van der Waals surface area contributed by atoms with E-state index in [9.17, 15) is 9.18 Å². The Morgan fingerprint density at radius 3 is 2.71 bits per heavy atom. The lowest BCUT2D eigenvalue weighted by atomic mass is 9.66. The summed E-state index contributed by atoms with van der Waals surface area (Å²) in [5.41, 5.74) is 0.945. The predicted molar refractivity (Wildman–Crippen MR) is 107 cm³/mol. The van der Waals surface area contributed by atoms with Crippen molar-refractivity contribution >= 4 is 23.1 Å². The van der Waals surface area contributed by atoms with Crippen LogP contribution in [-0.2, 0) is 5.41 Å². The second-order valence-corrected chi connectivity index (χ2v) is 7.95. The Kier molecular flexibility index (Phi) is 5.04. The van der Waals surface area contributed by atoms with Crippen LogP contribution in [0.5, 0.6) is 0 Å². The van der Waals surface area contributed by atoms with Crippen molar-refractivity contribution in [3.8, 4) is 10.6 Å². The predicted octanol–water partition coefficient (Wildman–Crippen LogP) is 3.63. The van der Waals surface area contributed by atoms with Crippen molar-refractivity contribution in [3.63, 3.8) is 0 Å². The average molecular weight is 397 g/mol. The van der Waals surface area contributed by atoms with Gasteiger partial charge < -0.3 is 10.6 Å². The maximum absolute atomic E-state index is 14.2. The lowest BCUT2D eigenvalue weighted by Gasteiger charge is -2.41. The summed E-state index contributed by atoms with van der Waals surface area (Å²) in [5, 5.41) is 14.4. The van der Waals surface area contributed by atoms with Crippen LogP contribution in [0, 0.1) is 5.82 Å². The quantitative estimate of drug-likeness (QED) is 0.664. The second kappa shape index (κ2) is 7.63. The summed E-state index contributed by atoms with van der Waals surface area (Å²) in [4.78, 5) is 17.5. The van der Waals surface area contributed by atoms with Crippen molar-refractivity contribution < 1.29 is 9.18 Å². The third-order valence-corrected chi connectivity index (χ3v) is 6.26. The van der Waals surface area contributed by atoms with Crippen LogP contribution in [0.4, 0.5) is 10.2 Å². The molecular formula is C20H20FN5OS. The van der Waals surface area contributed by atoms with Gasteiger partial charge in [0.1, 0.15) is 17.3 Å². The molecule has 1 fully saturated rings. The van der Waals surface area contributed by atoms with Crippen LogP contribution in [0.15, 0.2) is 42.6 Å². The van der Waals surface area contributed by atoms with E-state index in [0.717, 1.165) is 24.1 Å². The van der Waals surface area contributed by atoms with Gasteiger partial charge in [-0.15, -0.1) is 21.5 Å². The van der Waals surface area contributed by atoms with Gasteiger partial charge in [0.15, 0.2) is 0 Å². The minimum atomic E-state index is -0.290. The fraction of sp³-hybridized carbons (Fsp3) is 0.300. The fourth-order valence-electron chi connectivity index (χ4n) is 3.42. The Morgan fingerprint density at radius 1 is 1.21 bits per heavy atom. The molecule has 0 atom stereocenters. The van der Waals surface area contributed by atoms with E-state index in [-0.39, 0.29) is 17.1 Å². The third-order valence-electron chi connectivity index (χ3n) is 5.15. The molecule has 1 aliphatic rings. The molecular weight excluding hydrogens is 377 g/mol. The molecule has 3 aromatic heterocycles. The van der Waals surface area contributed by atoms with E-state index >= 15 is 0 Å². The monoisotopic (exact) mass is 397 g/mol. The van der Waals surface area contributed by atoms with Gasteiger partial charge in [0, 0.05) is 25.2 Å². The lowest BCUT2D eigenvalue weighted by molar-refractivity contribution is 0.0967. The first-order chi connectivity index (χ1) is 13.6. The van der Waals surface area contributed by atoms with Crippen molar-refractivity contribution in [2.75, 3.05) is 18.9 Å². The van der Waals surface area contributed by atoms with E-state index in [4.69, 9.17) is 0 Å². The molecule has 0 saturated heterocycles. The van der Waals surface area contributed by atoms with Crippen molar-refractivity contribution in [3.05, 3.63) is 59.0 Å². The molecule has 0 spiro atoms. The van der Waals surface area contributed by atoms with Gasteiger partial charge in [0.05, 0.1) is 15.4 Å². The highest BCUT2D eigenvalue weighted by Gasteiger charge is 2.41. The number of carbonyl (C=O) groups is 1. The highest BCUT2D eigenvalue weighted by molar-refractivity contribution is 7.17. The minimum Gasteiger partial charge on any atom is -0.368 e. The maximum Gasteiger partial charge on any atom is 0.261 e. The summed E-state index contributed by atoms with van der Waals surface area (Å²) < 4.78 is 14.2. The first-order valence-electron chi connectivity index (χ1n) is 9.12. The number of halogens is 1. The Balaban J connectivity index is 1.46. The molecule has 0 aromatic carbocycles. The summed E-state index contributed by atoms with van der Waals surface area (Å²) in [6.07, 6.45) is 4.50. The van der Waals surface area contributed by atoms with E-state index in [1.54, 1.807) is 25.4 Å². The molecule has 1 saturated carbocycles. The number of aromatic nitrogens is 3. The van der Waals surface area contributed by atoms with Crippen LogP contribution in [0.2, 0.25) is 0 Å². The van der Waals surface area contributed by atoms with Gasteiger partial charge in [0.2, 0.25) is 0 Å². The first kappa shape index (κ1) is 18.5. The molecule has 0 unspecified atom stereocenters. The summed E-state index contributed by atoms with van der Waals surface area (Å²) in [6, 6.07) is 10.4. The second-order valence-electron chi connectivity index (χ2n) is 6.87. The number of carbonyl (C=O) groups excluding carboxylic acids is 1. The Hall–Kier alpha value is -2.87. The Morgan fingerprint density at radius 2 is 2.07 bits per heavy atom. The van der Waals surface area contributed by atoms with Gasteiger partial charge in [-0.05, 0) is 49.2 Å². The molecule has 3 aromatic rings. The number of nitrogens with one attached hydrogen (secondary N) is 2. The van der Waals surface area contributed by atoms with Crippen LogP contribution in [-0.4, -0.2) is 34.7 Å². The summed E-state index contributed by atoms with van der Waals surface area (Å²) >= 11 is 1.37. The van der Waals surface area contributed by atoms with Gasteiger partial charge in [-0.3, -0.25) is 9.78 Å². The largest absolute Gasteiger partial charge is 0.368 e. The topological polar surface area (TPSA) is 79.8 Å². The highest BCUT2D eigenvalue weighted by Crippen LogP contribution is 2.43. The molecule has 1 aliphatic carbocycles. The van der Waals surface area contributed by atoms with Gasteiger partial charge in [0.25, 0.3) is 5.91 Å². The Labute approximate surface area is 166 Å².